The molecular weight excluding hydrogens is 188 g/mol. The number of aliphatic hydroxyl groups is 1. The Labute approximate surface area is 83.3 Å². The van der Waals surface area contributed by atoms with Crippen LogP contribution >= 0.6 is 11.6 Å². The molecule has 0 amide bonds. The van der Waals surface area contributed by atoms with Gasteiger partial charge in [-0.2, -0.15) is 5.10 Å². The lowest BCUT2D eigenvalue weighted by Gasteiger charge is -2.06. The zero-order chi connectivity index (χ0) is 10.0. The Balaban J connectivity index is 2.87. The SMILES string of the molecule is Cc1nn(C)c(Cl)c1CC(C)CO. The lowest BCUT2D eigenvalue weighted by Crippen LogP contribution is -2.05. The van der Waals surface area contributed by atoms with Gasteiger partial charge in [-0.3, -0.25) is 4.68 Å². The van der Waals surface area contributed by atoms with Crippen molar-refractivity contribution in [3.05, 3.63) is 16.4 Å². The van der Waals surface area contributed by atoms with Crippen LogP contribution in [0.1, 0.15) is 18.2 Å². The van der Waals surface area contributed by atoms with Crippen molar-refractivity contribution in [3.8, 4) is 0 Å². The van der Waals surface area contributed by atoms with Gasteiger partial charge in [0.2, 0.25) is 0 Å². The van der Waals surface area contributed by atoms with E-state index >= 15 is 0 Å². The number of aryl methyl sites for hydroxylation is 2. The Bertz CT molecular complexity index is 296. The van der Waals surface area contributed by atoms with Crippen LogP contribution in [-0.2, 0) is 13.5 Å². The molecule has 1 heterocycles. The Morgan fingerprint density at radius 3 is 2.62 bits per heavy atom. The van der Waals surface area contributed by atoms with Crippen LogP contribution in [0.4, 0.5) is 0 Å². The quantitative estimate of drug-likeness (QED) is 0.808. The normalized spacial score (nSPS) is 13.3. The topological polar surface area (TPSA) is 38.0 Å². The van der Waals surface area contributed by atoms with Crippen LogP contribution in [-0.4, -0.2) is 21.5 Å². The summed E-state index contributed by atoms with van der Waals surface area (Å²) in [5, 5.41) is 13.8. The van der Waals surface area contributed by atoms with Gasteiger partial charge in [-0.1, -0.05) is 18.5 Å². The zero-order valence-corrected chi connectivity index (χ0v) is 8.97. The Hall–Kier alpha value is -0.540. The summed E-state index contributed by atoms with van der Waals surface area (Å²) >= 11 is 6.03. The predicted octanol–water partition coefficient (Wildman–Crippen LogP) is 1.55. The first-order valence-corrected chi connectivity index (χ1v) is 4.73. The molecule has 1 aromatic rings. The van der Waals surface area contributed by atoms with E-state index in [-0.39, 0.29) is 12.5 Å². The van der Waals surface area contributed by atoms with E-state index in [2.05, 4.69) is 5.10 Å². The van der Waals surface area contributed by atoms with E-state index in [4.69, 9.17) is 16.7 Å². The minimum Gasteiger partial charge on any atom is -0.396 e. The average molecular weight is 203 g/mol. The van der Waals surface area contributed by atoms with Gasteiger partial charge in [-0.05, 0) is 19.3 Å². The van der Waals surface area contributed by atoms with E-state index in [1.807, 2.05) is 20.9 Å². The highest BCUT2D eigenvalue weighted by molar-refractivity contribution is 6.30. The summed E-state index contributed by atoms with van der Waals surface area (Å²) < 4.78 is 1.66. The molecule has 13 heavy (non-hydrogen) atoms. The van der Waals surface area contributed by atoms with Crippen molar-refractivity contribution in [2.75, 3.05) is 6.61 Å². The number of hydrogen-bond donors (Lipinski definition) is 1. The van der Waals surface area contributed by atoms with Crippen molar-refractivity contribution in [1.29, 1.82) is 0 Å². The summed E-state index contributed by atoms with van der Waals surface area (Å²) in [6.07, 6.45) is 0.787. The molecule has 0 aliphatic rings. The maximum absolute atomic E-state index is 8.91. The summed E-state index contributed by atoms with van der Waals surface area (Å²) in [5.41, 5.74) is 2.00. The fraction of sp³-hybridized carbons (Fsp3) is 0.667. The van der Waals surface area contributed by atoms with Gasteiger partial charge < -0.3 is 5.11 Å². The summed E-state index contributed by atoms with van der Waals surface area (Å²) in [6.45, 7) is 4.11. The number of rotatable bonds is 3. The van der Waals surface area contributed by atoms with E-state index in [1.165, 1.54) is 0 Å². The van der Waals surface area contributed by atoms with E-state index < -0.39 is 0 Å². The molecule has 0 fully saturated rings. The van der Waals surface area contributed by atoms with Gasteiger partial charge in [-0.25, -0.2) is 0 Å². The van der Waals surface area contributed by atoms with Gasteiger partial charge in [0.25, 0.3) is 0 Å². The van der Waals surface area contributed by atoms with Crippen molar-refractivity contribution in [3.63, 3.8) is 0 Å². The molecule has 0 spiro atoms. The molecule has 0 bridgehead atoms. The molecule has 0 saturated carbocycles. The van der Waals surface area contributed by atoms with Gasteiger partial charge in [0.1, 0.15) is 5.15 Å². The molecule has 0 aliphatic carbocycles. The van der Waals surface area contributed by atoms with E-state index in [0.717, 1.165) is 17.7 Å². The van der Waals surface area contributed by atoms with Crippen LogP contribution in [0.2, 0.25) is 5.15 Å². The lowest BCUT2D eigenvalue weighted by molar-refractivity contribution is 0.237. The molecule has 4 heteroatoms. The third kappa shape index (κ3) is 2.23. The van der Waals surface area contributed by atoms with Crippen LogP contribution in [0.15, 0.2) is 0 Å². The molecule has 0 saturated heterocycles. The second-order valence-corrected chi connectivity index (χ2v) is 3.83. The van der Waals surface area contributed by atoms with Crippen LogP contribution in [0.3, 0.4) is 0 Å². The molecule has 1 N–H and O–H groups in total. The first kappa shape index (κ1) is 10.5. The number of aromatic nitrogens is 2. The maximum atomic E-state index is 8.91. The number of hydrogen-bond acceptors (Lipinski definition) is 2. The zero-order valence-electron chi connectivity index (χ0n) is 8.21. The van der Waals surface area contributed by atoms with Crippen molar-refractivity contribution >= 4 is 11.6 Å². The highest BCUT2D eigenvalue weighted by atomic mass is 35.5. The van der Waals surface area contributed by atoms with Gasteiger partial charge in [0, 0.05) is 19.2 Å². The minimum atomic E-state index is 0.185. The first-order valence-electron chi connectivity index (χ1n) is 4.35. The van der Waals surface area contributed by atoms with Crippen LogP contribution in [0, 0.1) is 12.8 Å². The van der Waals surface area contributed by atoms with Crippen LogP contribution < -0.4 is 0 Å². The highest BCUT2D eigenvalue weighted by Crippen LogP contribution is 2.21. The molecule has 0 radical (unpaired) electrons. The van der Waals surface area contributed by atoms with Gasteiger partial charge in [0.15, 0.2) is 0 Å². The van der Waals surface area contributed by atoms with E-state index in [9.17, 15) is 0 Å². The van der Waals surface area contributed by atoms with Crippen LogP contribution in [0.5, 0.6) is 0 Å². The van der Waals surface area contributed by atoms with Gasteiger partial charge in [0.05, 0.1) is 5.69 Å². The largest absolute Gasteiger partial charge is 0.396 e. The van der Waals surface area contributed by atoms with Crippen molar-refractivity contribution in [1.82, 2.24) is 9.78 Å². The minimum absolute atomic E-state index is 0.185. The molecule has 1 atom stereocenters. The molecule has 0 aliphatic heterocycles. The summed E-state index contributed by atoms with van der Waals surface area (Å²) in [4.78, 5) is 0. The van der Waals surface area contributed by atoms with Crippen molar-refractivity contribution in [2.24, 2.45) is 13.0 Å². The second-order valence-electron chi connectivity index (χ2n) is 3.47. The average Bonchev–Trinajstić information content (AvgIpc) is 2.32. The van der Waals surface area contributed by atoms with E-state index in [0.29, 0.717) is 5.15 Å². The molecule has 3 nitrogen and oxygen atoms in total. The third-order valence-electron chi connectivity index (χ3n) is 2.13. The van der Waals surface area contributed by atoms with Gasteiger partial charge in [-0.15, -0.1) is 0 Å². The van der Waals surface area contributed by atoms with Gasteiger partial charge >= 0.3 is 0 Å². The Morgan fingerprint density at radius 2 is 2.23 bits per heavy atom. The predicted molar refractivity (Wildman–Crippen MR) is 52.9 cm³/mol. The highest BCUT2D eigenvalue weighted by Gasteiger charge is 2.13. The third-order valence-corrected chi connectivity index (χ3v) is 2.61. The molecular formula is C9H15ClN2O. The molecule has 1 aromatic heterocycles. The van der Waals surface area contributed by atoms with Crippen LogP contribution in [0.25, 0.3) is 0 Å². The Morgan fingerprint density at radius 1 is 1.62 bits per heavy atom. The number of aliphatic hydroxyl groups excluding tert-OH is 1. The monoisotopic (exact) mass is 202 g/mol. The molecule has 1 rings (SSSR count). The van der Waals surface area contributed by atoms with Crippen molar-refractivity contribution < 1.29 is 5.11 Å². The summed E-state index contributed by atoms with van der Waals surface area (Å²) in [7, 11) is 1.82. The molecule has 74 valence electrons. The first-order chi connectivity index (χ1) is 6.06. The lowest BCUT2D eigenvalue weighted by atomic mass is 10.0. The smallest absolute Gasteiger partial charge is 0.130 e. The van der Waals surface area contributed by atoms with Crippen molar-refractivity contribution in [2.45, 2.75) is 20.3 Å². The fourth-order valence-corrected chi connectivity index (χ4v) is 1.57. The Kier molecular flexibility index (Phi) is 3.33. The van der Waals surface area contributed by atoms with E-state index in [1.54, 1.807) is 4.68 Å². The summed E-state index contributed by atoms with van der Waals surface area (Å²) in [5.74, 6) is 0.236. The maximum Gasteiger partial charge on any atom is 0.130 e. The summed E-state index contributed by atoms with van der Waals surface area (Å²) in [6, 6.07) is 0. The number of halogens is 1. The fourth-order valence-electron chi connectivity index (χ4n) is 1.32. The molecule has 0 aromatic carbocycles. The number of nitrogens with zero attached hydrogens (tertiary/aromatic N) is 2. The molecule has 1 unspecified atom stereocenters. The standard InChI is InChI=1S/C9H15ClN2O/c1-6(5-13)4-8-7(2)11-12(3)9(8)10/h6,13H,4-5H2,1-3H3. The second kappa shape index (κ2) is 4.11.